The van der Waals surface area contributed by atoms with E-state index in [1.54, 1.807) is 0 Å². The van der Waals surface area contributed by atoms with E-state index in [0.29, 0.717) is 6.17 Å². The minimum Gasteiger partial charge on any atom is -0.359 e. The molecule has 0 spiro atoms. The fourth-order valence-corrected chi connectivity index (χ4v) is 3.04. The van der Waals surface area contributed by atoms with E-state index >= 15 is 0 Å². The van der Waals surface area contributed by atoms with Crippen molar-refractivity contribution in [2.75, 3.05) is 13.6 Å². The predicted molar refractivity (Wildman–Crippen MR) is 89.5 cm³/mol. The summed E-state index contributed by atoms with van der Waals surface area (Å²) in [5.74, 6) is 0. The van der Waals surface area contributed by atoms with Crippen LogP contribution < -0.4 is 0 Å². The lowest BCUT2D eigenvalue weighted by Crippen LogP contribution is -2.36. The minimum atomic E-state index is 0.627. The van der Waals surface area contributed by atoms with Crippen LogP contribution in [0.25, 0.3) is 0 Å². The average molecular weight is 281 g/mol. The van der Waals surface area contributed by atoms with Crippen LogP contribution in [-0.4, -0.2) is 29.6 Å². The Bertz CT molecular complexity index is 250. The van der Waals surface area contributed by atoms with Crippen molar-refractivity contribution in [1.29, 1.82) is 0 Å². The van der Waals surface area contributed by atoms with Crippen LogP contribution in [0.15, 0.2) is 12.4 Å². The number of unbranched alkanes of at least 4 members (excludes halogenated alkanes) is 8. The lowest BCUT2D eigenvalue weighted by Gasteiger charge is -2.30. The summed E-state index contributed by atoms with van der Waals surface area (Å²) in [4.78, 5) is 4.94. The zero-order valence-corrected chi connectivity index (χ0v) is 14.1. The molecule has 0 N–H and O–H groups in total. The topological polar surface area (TPSA) is 6.48 Å². The molecule has 2 nitrogen and oxygen atoms in total. The summed E-state index contributed by atoms with van der Waals surface area (Å²) < 4.78 is 0. The molecule has 0 bridgehead atoms. The summed E-state index contributed by atoms with van der Waals surface area (Å²) in [5.41, 5.74) is 0. The Morgan fingerprint density at radius 1 is 0.750 bits per heavy atom. The molecule has 1 atom stereocenters. The molecular formula is C18H36N2. The summed E-state index contributed by atoms with van der Waals surface area (Å²) in [5, 5.41) is 0. The van der Waals surface area contributed by atoms with Gasteiger partial charge in [-0.1, -0.05) is 65.2 Å². The van der Waals surface area contributed by atoms with Crippen molar-refractivity contribution >= 4 is 0 Å². The zero-order chi connectivity index (χ0) is 14.6. The van der Waals surface area contributed by atoms with Crippen molar-refractivity contribution in [2.45, 2.75) is 90.6 Å². The van der Waals surface area contributed by atoms with E-state index in [2.05, 4.69) is 43.1 Å². The largest absolute Gasteiger partial charge is 0.359 e. The first-order chi connectivity index (χ1) is 9.79. The molecule has 1 heterocycles. The first-order valence-electron chi connectivity index (χ1n) is 8.95. The Labute approximate surface area is 127 Å². The van der Waals surface area contributed by atoms with Crippen molar-refractivity contribution in [3.05, 3.63) is 12.4 Å². The van der Waals surface area contributed by atoms with Crippen LogP contribution in [0.5, 0.6) is 0 Å². The molecule has 0 aliphatic carbocycles. The molecule has 0 aromatic carbocycles. The second-order valence-corrected chi connectivity index (χ2v) is 6.30. The van der Waals surface area contributed by atoms with Gasteiger partial charge < -0.3 is 9.80 Å². The fourth-order valence-electron chi connectivity index (χ4n) is 3.04. The molecule has 0 amide bonds. The van der Waals surface area contributed by atoms with Gasteiger partial charge in [-0.3, -0.25) is 0 Å². The third-order valence-corrected chi connectivity index (χ3v) is 4.43. The fraction of sp³-hybridized carbons (Fsp3) is 0.889. The summed E-state index contributed by atoms with van der Waals surface area (Å²) in [7, 11) is 2.22. The molecule has 20 heavy (non-hydrogen) atoms. The monoisotopic (exact) mass is 280 g/mol. The summed E-state index contributed by atoms with van der Waals surface area (Å²) >= 11 is 0. The van der Waals surface area contributed by atoms with Gasteiger partial charge in [0, 0.05) is 26.0 Å². The molecule has 0 aromatic heterocycles. The van der Waals surface area contributed by atoms with Crippen molar-refractivity contribution in [2.24, 2.45) is 0 Å². The standard InChI is InChI=1S/C18H36N2/c1-4-6-8-9-10-11-12-14-18-19(3)16-17-20(18)15-13-7-5-2/h16-18H,4-15H2,1-3H3. The molecule has 1 rings (SSSR count). The SMILES string of the molecule is CCCCCCCCCC1N(C)C=CN1CCCCC. The number of hydrogen-bond acceptors (Lipinski definition) is 2. The Morgan fingerprint density at radius 2 is 1.35 bits per heavy atom. The van der Waals surface area contributed by atoms with Gasteiger partial charge in [0.15, 0.2) is 0 Å². The van der Waals surface area contributed by atoms with Crippen LogP contribution in [0.4, 0.5) is 0 Å². The smallest absolute Gasteiger partial charge is 0.100 e. The van der Waals surface area contributed by atoms with E-state index in [4.69, 9.17) is 0 Å². The summed E-state index contributed by atoms with van der Waals surface area (Å²) in [6, 6.07) is 0. The van der Waals surface area contributed by atoms with Crippen molar-refractivity contribution in [3.8, 4) is 0 Å². The highest BCUT2D eigenvalue weighted by molar-refractivity contribution is 4.95. The van der Waals surface area contributed by atoms with Gasteiger partial charge in [-0.25, -0.2) is 0 Å². The maximum atomic E-state index is 2.55. The van der Waals surface area contributed by atoms with Gasteiger partial charge in [0.05, 0.1) is 0 Å². The second-order valence-electron chi connectivity index (χ2n) is 6.30. The molecular weight excluding hydrogens is 244 g/mol. The van der Waals surface area contributed by atoms with Crippen LogP contribution in [-0.2, 0) is 0 Å². The van der Waals surface area contributed by atoms with Gasteiger partial charge in [0.25, 0.3) is 0 Å². The molecule has 0 saturated heterocycles. The molecule has 0 radical (unpaired) electrons. The van der Waals surface area contributed by atoms with Gasteiger partial charge in [-0.2, -0.15) is 0 Å². The zero-order valence-electron chi connectivity index (χ0n) is 14.1. The number of rotatable bonds is 12. The lowest BCUT2D eigenvalue weighted by molar-refractivity contribution is 0.159. The predicted octanol–water partition coefficient (Wildman–Crippen LogP) is 5.36. The third-order valence-electron chi connectivity index (χ3n) is 4.43. The van der Waals surface area contributed by atoms with Crippen LogP contribution in [0, 0.1) is 0 Å². The molecule has 1 unspecified atom stereocenters. The third kappa shape index (κ3) is 6.67. The molecule has 0 aromatic rings. The molecule has 0 saturated carbocycles. The normalized spacial score (nSPS) is 18.2. The average Bonchev–Trinajstić information content (AvgIpc) is 2.79. The Morgan fingerprint density at radius 3 is 2.05 bits per heavy atom. The molecule has 118 valence electrons. The van der Waals surface area contributed by atoms with Crippen LogP contribution >= 0.6 is 0 Å². The Hall–Kier alpha value is -0.660. The summed E-state index contributed by atoms with van der Waals surface area (Å²) in [6.45, 7) is 5.80. The summed E-state index contributed by atoms with van der Waals surface area (Å²) in [6.07, 6.45) is 20.4. The molecule has 1 aliphatic heterocycles. The highest BCUT2D eigenvalue weighted by Gasteiger charge is 2.22. The van der Waals surface area contributed by atoms with Gasteiger partial charge in [-0.15, -0.1) is 0 Å². The van der Waals surface area contributed by atoms with Gasteiger partial charge >= 0.3 is 0 Å². The van der Waals surface area contributed by atoms with E-state index in [1.165, 1.54) is 77.2 Å². The highest BCUT2D eigenvalue weighted by atomic mass is 15.4. The first-order valence-corrected chi connectivity index (χ1v) is 8.95. The number of nitrogens with zero attached hydrogens (tertiary/aromatic N) is 2. The van der Waals surface area contributed by atoms with Gasteiger partial charge in [0.1, 0.15) is 6.17 Å². The highest BCUT2D eigenvalue weighted by Crippen LogP contribution is 2.21. The first kappa shape index (κ1) is 17.4. The minimum absolute atomic E-state index is 0.627. The number of hydrogen-bond donors (Lipinski definition) is 0. The molecule has 1 aliphatic rings. The second kappa shape index (κ2) is 11.0. The van der Waals surface area contributed by atoms with E-state index in [0.717, 1.165) is 0 Å². The molecule has 2 heteroatoms. The van der Waals surface area contributed by atoms with E-state index in [9.17, 15) is 0 Å². The lowest BCUT2D eigenvalue weighted by atomic mass is 10.1. The maximum Gasteiger partial charge on any atom is 0.100 e. The van der Waals surface area contributed by atoms with Crippen molar-refractivity contribution in [1.82, 2.24) is 9.80 Å². The van der Waals surface area contributed by atoms with Crippen LogP contribution in [0.3, 0.4) is 0 Å². The van der Waals surface area contributed by atoms with Crippen molar-refractivity contribution < 1.29 is 0 Å². The van der Waals surface area contributed by atoms with Crippen LogP contribution in [0.1, 0.15) is 84.5 Å². The Kier molecular flexibility index (Phi) is 9.61. The van der Waals surface area contributed by atoms with E-state index in [1.807, 2.05) is 0 Å². The van der Waals surface area contributed by atoms with Crippen LogP contribution in [0.2, 0.25) is 0 Å². The Balaban J connectivity index is 2.10. The van der Waals surface area contributed by atoms with Gasteiger partial charge in [-0.05, 0) is 19.3 Å². The van der Waals surface area contributed by atoms with Gasteiger partial charge in [0.2, 0.25) is 0 Å². The molecule has 0 fully saturated rings. The quantitative estimate of drug-likeness (QED) is 0.444. The van der Waals surface area contributed by atoms with Crippen molar-refractivity contribution in [3.63, 3.8) is 0 Å². The van der Waals surface area contributed by atoms with E-state index in [-0.39, 0.29) is 0 Å². The maximum absolute atomic E-state index is 2.55. The van der Waals surface area contributed by atoms with E-state index < -0.39 is 0 Å².